The summed E-state index contributed by atoms with van der Waals surface area (Å²) in [4.78, 5) is 12.4. The van der Waals surface area contributed by atoms with Gasteiger partial charge in [-0.2, -0.15) is 4.31 Å². The van der Waals surface area contributed by atoms with E-state index in [0.717, 1.165) is 31.0 Å². The molecule has 2 aromatic carbocycles. The minimum atomic E-state index is -3.54. The number of sulfonamides is 1. The van der Waals surface area contributed by atoms with E-state index in [9.17, 15) is 13.2 Å². The Morgan fingerprint density at radius 3 is 2.53 bits per heavy atom. The molecule has 0 saturated carbocycles. The Labute approximate surface area is 179 Å². The van der Waals surface area contributed by atoms with Gasteiger partial charge in [-0.25, -0.2) is 8.42 Å². The molecule has 1 aromatic heterocycles. The Morgan fingerprint density at radius 2 is 1.77 bits per heavy atom. The summed E-state index contributed by atoms with van der Waals surface area (Å²) >= 11 is 1.16. The standard InChI is InChI=1S/C21H21N3O4S2/c25-19(16-8-3-1-4-9-16)15-29-21-23-22-20(28-21)17-10-7-11-18(14-17)30(26,27)24-12-5-2-6-13-24/h1,3-4,7-11,14H,2,5-6,12-13,15H2. The highest BCUT2D eigenvalue weighted by molar-refractivity contribution is 7.99. The number of hydrogen-bond donors (Lipinski definition) is 0. The molecule has 1 aliphatic rings. The average Bonchev–Trinajstić information content (AvgIpc) is 3.28. The fraction of sp³-hybridized carbons (Fsp3) is 0.286. The van der Waals surface area contributed by atoms with E-state index in [2.05, 4.69) is 10.2 Å². The first-order valence-corrected chi connectivity index (χ1v) is 12.1. The molecule has 1 fully saturated rings. The Hall–Kier alpha value is -2.49. The van der Waals surface area contributed by atoms with Crippen LogP contribution >= 0.6 is 11.8 Å². The highest BCUT2D eigenvalue weighted by atomic mass is 32.2. The van der Waals surface area contributed by atoms with Crippen LogP contribution in [0.25, 0.3) is 11.5 Å². The lowest BCUT2D eigenvalue weighted by atomic mass is 10.2. The predicted molar refractivity (Wildman–Crippen MR) is 114 cm³/mol. The number of nitrogens with zero attached hydrogens (tertiary/aromatic N) is 3. The van der Waals surface area contributed by atoms with Gasteiger partial charge in [-0.3, -0.25) is 4.79 Å². The summed E-state index contributed by atoms with van der Waals surface area (Å²) < 4.78 is 33.0. The quantitative estimate of drug-likeness (QED) is 0.404. The van der Waals surface area contributed by atoms with Crippen LogP contribution in [-0.4, -0.2) is 47.5 Å². The third kappa shape index (κ3) is 4.63. The van der Waals surface area contributed by atoms with Crippen molar-refractivity contribution in [3.05, 3.63) is 60.2 Å². The molecule has 0 N–H and O–H groups in total. The van der Waals surface area contributed by atoms with E-state index in [1.165, 1.54) is 4.31 Å². The van der Waals surface area contributed by atoms with Gasteiger partial charge in [-0.05, 0) is 31.0 Å². The molecule has 0 spiro atoms. The maximum atomic E-state index is 12.9. The molecule has 4 rings (SSSR count). The normalized spacial score (nSPS) is 15.2. The van der Waals surface area contributed by atoms with Crippen LogP contribution in [0.15, 0.2) is 69.1 Å². The topological polar surface area (TPSA) is 93.4 Å². The summed E-state index contributed by atoms with van der Waals surface area (Å²) in [7, 11) is -3.54. The number of Topliss-reactive ketones (excluding diaryl/α,β-unsaturated/α-hetero) is 1. The second kappa shape index (κ2) is 9.11. The van der Waals surface area contributed by atoms with E-state index in [4.69, 9.17) is 4.42 Å². The number of hydrogen-bond acceptors (Lipinski definition) is 7. The smallest absolute Gasteiger partial charge is 0.277 e. The van der Waals surface area contributed by atoms with Crippen LogP contribution in [0.3, 0.4) is 0 Å². The maximum Gasteiger partial charge on any atom is 0.277 e. The van der Waals surface area contributed by atoms with Crippen LogP contribution in [-0.2, 0) is 10.0 Å². The van der Waals surface area contributed by atoms with Crippen molar-refractivity contribution in [1.29, 1.82) is 0 Å². The zero-order chi connectivity index (χ0) is 21.0. The van der Waals surface area contributed by atoms with Gasteiger partial charge >= 0.3 is 0 Å². The van der Waals surface area contributed by atoms with Crippen molar-refractivity contribution in [2.24, 2.45) is 0 Å². The monoisotopic (exact) mass is 443 g/mol. The van der Waals surface area contributed by atoms with Gasteiger partial charge in [0.25, 0.3) is 5.22 Å². The summed E-state index contributed by atoms with van der Waals surface area (Å²) in [6.07, 6.45) is 2.82. The van der Waals surface area contributed by atoms with Gasteiger partial charge in [0.1, 0.15) is 0 Å². The van der Waals surface area contributed by atoms with E-state index in [0.29, 0.717) is 24.2 Å². The Balaban J connectivity index is 1.47. The number of rotatable bonds is 7. The molecular formula is C21H21N3O4S2. The molecule has 0 amide bonds. The first kappa shape index (κ1) is 20.8. The highest BCUT2D eigenvalue weighted by Gasteiger charge is 2.26. The van der Waals surface area contributed by atoms with Crippen molar-refractivity contribution in [2.45, 2.75) is 29.4 Å². The van der Waals surface area contributed by atoms with Crippen LogP contribution in [0.1, 0.15) is 29.6 Å². The third-order valence-corrected chi connectivity index (χ3v) is 7.58. The number of ketones is 1. The van der Waals surface area contributed by atoms with Crippen molar-refractivity contribution in [3.63, 3.8) is 0 Å². The van der Waals surface area contributed by atoms with Crippen LogP contribution in [0, 0.1) is 0 Å². The number of piperidine rings is 1. The average molecular weight is 444 g/mol. The number of carbonyl (C=O) groups excluding carboxylic acids is 1. The highest BCUT2D eigenvalue weighted by Crippen LogP contribution is 2.27. The molecule has 0 bridgehead atoms. The number of carbonyl (C=O) groups is 1. The summed E-state index contributed by atoms with van der Waals surface area (Å²) in [5.41, 5.74) is 1.15. The summed E-state index contributed by atoms with van der Waals surface area (Å²) in [6, 6.07) is 15.5. The fourth-order valence-corrected chi connectivity index (χ4v) is 5.48. The lowest BCUT2D eigenvalue weighted by molar-refractivity contribution is 0.102. The summed E-state index contributed by atoms with van der Waals surface area (Å²) in [5, 5.41) is 8.25. The van der Waals surface area contributed by atoms with E-state index < -0.39 is 10.0 Å². The Bertz CT molecular complexity index is 1120. The van der Waals surface area contributed by atoms with Gasteiger partial charge in [0.05, 0.1) is 10.6 Å². The number of benzene rings is 2. The van der Waals surface area contributed by atoms with E-state index in [1.54, 1.807) is 36.4 Å². The Morgan fingerprint density at radius 1 is 1.00 bits per heavy atom. The van der Waals surface area contributed by atoms with Crippen molar-refractivity contribution in [3.8, 4) is 11.5 Å². The van der Waals surface area contributed by atoms with Gasteiger partial charge in [-0.15, -0.1) is 10.2 Å². The van der Waals surface area contributed by atoms with E-state index >= 15 is 0 Å². The van der Waals surface area contributed by atoms with Crippen LogP contribution in [0.2, 0.25) is 0 Å². The van der Waals surface area contributed by atoms with Gasteiger partial charge in [0.15, 0.2) is 5.78 Å². The molecule has 9 heteroatoms. The summed E-state index contributed by atoms with van der Waals surface area (Å²) in [6.45, 7) is 1.09. The summed E-state index contributed by atoms with van der Waals surface area (Å²) in [5.74, 6) is 0.366. The first-order valence-electron chi connectivity index (χ1n) is 9.69. The molecule has 0 atom stereocenters. The molecule has 1 saturated heterocycles. The van der Waals surface area contributed by atoms with Gasteiger partial charge in [-0.1, -0.05) is 54.6 Å². The fourth-order valence-electron chi connectivity index (χ4n) is 3.26. The lowest BCUT2D eigenvalue weighted by Crippen LogP contribution is -2.35. The molecule has 7 nitrogen and oxygen atoms in total. The second-order valence-corrected chi connectivity index (χ2v) is 9.81. The van der Waals surface area contributed by atoms with Crippen LogP contribution < -0.4 is 0 Å². The molecule has 30 heavy (non-hydrogen) atoms. The van der Waals surface area contributed by atoms with E-state index in [-0.39, 0.29) is 27.5 Å². The minimum Gasteiger partial charge on any atom is -0.411 e. The molecule has 0 aliphatic carbocycles. The minimum absolute atomic E-state index is 0.0324. The molecule has 2 heterocycles. The molecular weight excluding hydrogens is 422 g/mol. The van der Waals surface area contributed by atoms with E-state index in [1.807, 2.05) is 18.2 Å². The lowest BCUT2D eigenvalue weighted by Gasteiger charge is -2.25. The number of thioether (sulfide) groups is 1. The Kier molecular flexibility index (Phi) is 6.31. The van der Waals surface area contributed by atoms with Crippen molar-refractivity contribution in [1.82, 2.24) is 14.5 Å². The maximum absolute atomic E-state index is 12.9. The SMILES string of the molecule is O=C(CSc1nnc(-c2cccc(S(=O)(=O)N3CCCCC3)c2)o1)c1ccccc1. The van der Waals surface area contributed by atoms with Gasteiger partial charge in [0, 0.05) is 24.2 Å². The first-order chi connectivity index (χ1) is 14.5. The van der Waals surface area contributed by atoms with Crippen LogP contribution in [0.5, 0.6) is 0 Å². The second-order valence-electron chi connectivity index (χ2n) is 6.94. The zero-order valence-corrected chi connectivity index (χ0v) is 17.9. The zero-order valence-electron chi connectivity index (χ0n) is 16.2. The molecule has 0 radical (unpaired) electrons. The molecule has 1 aliphatic heterocycles. The van der Waals surface area contributed by atoms with Crippen molar-refractivity contribution in [2.75, 3.05) is 18.8 Å². The molecule has 0 unspecified atom stereocenters. The van der Waals surface area contributed by atoms with Gasteiger partial charge in [0.2, 0.25) is 15.9 Å². The van der Waals surface area contributed by atoms with Crippen molar-refractivity contribution < 1.29 is 17.6 Å². The largest absolute Gasteiger partial charge is 0.411 e. The third-order valence-electron chi connectivity index (χ3n) is 4.86. The molecule has 3 aromatic rings. The van der Waals surface area contributed by atoms with Crippen molar-refractivity contribution >= 4 is 27.6 Å². The van der Waals surface area contributed by atoms with Gasteiger partial charge < -0.3 is 4.42 Å². The van der Waals surface area contributed by atoms with Crippen LogP contribution in [0.4, 0.5) is 0 Å². The molecule has 156 valence electrons. The number of aromatic nitrogens is 2. The predicted octanol–water partition coefficient (Wildman–Crippen LogP) is 3.89.